The summed E-state index contributed by atoms with van der Waals surface area (Å²) >= 11 is 4.84. The number of carbonyl (C=O) groups excluding carboxylic acids is 2. The number of fused-ring (bicyclic) bond motifs is 1. The van der Waals surface area contributed by atoms with Crippen LogP contribution in [0.2, 0.25) is 0 Å². The van der Waals surface area contributed by atoms with Crippen LogP contribution in [0.3, 0.4) is 0 Å². The van der Waals surface area contributed by atoms with Crippen molar-refractivity contribution in [3.05, 3.63) is 58.6 Å². The maximum Gasteiger partial charge on any atom is 0.238 e. The summed E-state index contributed by atoms with van der Waals surface area (Å²) < 4.78 is 0.999. The van der Waals surface area contributed by atoms with E-state index in [0.29, 0.717) is 0 Å². The molecule has 6 heteroatoms. The van der Waals surface area contributed by atoms with E-state index in [9.17, 15) is 9.59 Å². The first-order valence-corrected chi connectivity index (χ1v) is 9.31. The number of halogens is 1. The number of anilines is 1. The predicted octanol–water partition coefficient (Wildman–Crippen LogP) is 4.13. The molecule has 2 unspecified atom stereocenters. The van der Waals surface area contributed by atoms with Gasteiger partial charge in [0, 0.05) is 15.8 Å². The zero-order valence-corrected chi connectivity index (χ0v) is 15.5. The normalized spacial score (nSPS) is 17.6. The summed E-state index contributed by atoms with van der Waals surface area (Å²) in [6.45, 7) is 1.94. The largest absolute Gasteiger partial charge is 0.350 e. The van der Waals surface area contributed by atoms with Gasteiger partial charge >= 0.3 is 0 Å². The minimum atomic E-state index is -0.406. The second-order valence-electron chi connectivity index (χ2n) is 5.64. The fourth-order valence-corrected chi connectivity index (χ4v) is 3.91. The van der Waals surface area contributed by atoms with Crippen LogP contribution in [-0.2, 0) is 9.59 Å². The minimum Gasteiger partial charge on any atom is -0.350 e. The average Bonchev–Trinajstić information content (AvgIpc) is 2.56. The van der Waals surface area contributed by atoms with E-state index in [2.05, 4.69) is 26.6 Å². The summed E-state index contributed by atoms with van der Waals surface area (Å²) in [6.07, 6.45) is 0.158. The number of carbonyl (C=O) groups is 2. The van der Waals surface area contributed by atoms with Gasteiger partial charge in [-0.05, 0) is 36.8 Å². The maximum atomic E-state index is 12.3. The van der Waals surface area contributed by atoms with Crippen molar-refractivity contribution in [3.63, 3.8) is 0 Å². The zero-order chi connectivity index (χ0) is 17.1. The van der Waals surface area contributed by atoms with Crippen LogP contribution in [-0.4, -0.2) is 17.1 Å². The number of hydrogen-bond acceptors (Lipinski definition) is 3. The average molecular weight is 405 g/mol. The molecule has 2 aromatic carbocycles. The van der Waals surface area contributed by atoms with Crippen molar-refractivity contribution in [2.75, 3.05) is 5.32 Å². The summed E-state index contributed by atoms with van der Waals surface area (Å²) in [6, 6.07) is 15.3. The molecular formula is C18H17BrN2O2S. The molecule has 1 aliphatic rings. The first-order chi connectivity index (χ1) is 11.5. The fourth-order valence-electron chi connectivity index (χ4n) is 2.53. The van der Waals surface area contributed by atoms with Crippen molar-refractivity contribution in [3.8, 4) is 0 Å². The maximum absolute atomic E-state index is 12.3. The highest BCUT2D eigenvalue weighted by Gasteiger charge is 2.29. The molecule has 1 aliphatic heterocycles. The van der Waals surface area contributed by atoms with Crippen molar-refractivity contribution >= 4 is 45.2 Å². The van der Waals surface area contributed by atoms with Gasteiger partial charge in [-0.2, -0.15) is 0 Å². The van der Waals surface area contributed by atoms with E-state index in [0.717, 1.165) is 20.6 Å². The van der Waals surface area contributed by atoms with Crippen LogP contribution >= 0.6 is 27.7 Å². The fraction of sp³-hybridized carbons (Fsp3) is 0.222. The number of nitrogens with one attached hydrogen (secondary N) is 2. The molecule has 2 aromatic rings. The number of para-hydroxylation sites is 1. The van der Waals surface area contributed by atoms with E-state index in [1.165, 1.54) is 11.8 Å². The third-order valence-corrected chi connectivity index (χ3v) is 5.63. The van der Waals surface area contributed by atoms with Gasteiger partial charge in [0.05, 0.1) is 17.0 Å². The van der Waals surface area contributed by atoms with Gasteiger partial charge in [-0.3, -0.25) is 9.59 Å². The lowest BCUT2D eigenvalue weighted by atomic mass is 10.1. The molecule has 0 radical (unpaired) electrons. The molecule has 0 bridgehead atoms. The Morgan fingerprint density at radius 1 is 1.25 bits per heavy atom. The highest BCUT2D eigenvalue weighted by Crippen LogP contribution is 2.36. The third kappa shape index (κ3) is 3.99. The molecule has 2 amide bonds. The van der Waals surface area contributed by atoms with Gasteiger partial charge in [-0.1, -0.05) is 40.2 Å². The second kappa shape index (κ2) is 7.40. The quantitative estimate of drug-likeness (QED) is 0.804. The molecule has 0 aromatic heterocycles. The first-order valence-electron chi connectivity index (χ1n) is 7.64. The van der Waals surface area contributed by atoms with Gasteiger partial charge in [0.25, 0.3) is 0 Å². The molecule has 24 heavy (non-hydrogen) atoms. The summed E-state index contributed by atoms with van der Waals surface area (Å²) in [4.78, 5) is 25.5. The molecule has 2 atom stereocenters. The van der Waals surface area contributed by atoms with Crippen molar-refractivity contribution in [2.24, 2.45) is 0 Å². The molecule has 4 nitrogen and oxygen atoms in total. The Morgan fingerprint density at radius 2 is 1.96 bits per heavy atom. The van der Waals surface area contributed by atoms with E-state index in [1.54, 1.807) is 0 Å². The Morgan fingerprint density at radius 3 is 2.71 bits per heavy atom. The van der Waals surface area contributed by atoms with Crippen molar-refractivity contribution in [1.82, 2.24) is 5.32 Å². The molecule has 0 saturated heterocycles. The van der Waals surface area contributed by atoms with E-state index in [4.69, 9.17) is 0 Å². The van der Waals surface area contributed by atoms with Crippen LogP contribution in [0.5, 0.6) is 0 Å². The van der Waals surface area contributed by atoms with Crippen LogP contribution in [0, 0.1) is 0 Å². The highest BCUT2D eigenvalue weighted by molar-refractivity contribution is 9.10. The lowest BCUT2D eigenvalue weighted by Crippen LogP contribution is -2.35. The Labute approximate surface area is 153 Å². The summed E-state index contributed by atoms with van der Waals surface area (Å²) in [5.74, 6) is -0.248. The number of benzene rings is 2. The Bertz CT molecular complexity index is 764. The van der Waals surface area contributed by atoms with Crippen LogP contribution in [0.25, 0.3) is 0 Å². The Kier molecular flexibility index (Phi) is 5.26. The van der Waals surface area contributed by atoms with E-state index >= 15 is 0 Å². The predicted molar refractivity (Wildman–Crippen MR) is 100 cm³/mol. The molecule has 2 N–H and O–H groups in total. The Balaban J connectivity index is 1.61. The van der Waals surface area contributed by atoms with Crippen molar-refractivity contribution in [2.45, 2.75) is 29.5 Å². The monoisotopic (exact) mass is 404 g/mol. The molecular weight excluding hydrogens is 388 g/mol. The van der Waals surface area contributed by atoms with Gasteiger partial charge in [-0.25, -0.2) is 0 Å². The SMILES string of the molecule is CC(NC(=O)CC1Sc2ccccc2NC1=O)c1ccc(Br)cc1. The van der Waals surface area contributed by atoms with Crippen LogP contribution < -0.4 is 10.6 Å². The summed E-state index contributed by atoms with van der Waals surface area (Å²) in [5.41, 5.74) is 1.84. The molecule has 1 heterocycles. The van der Waals surface area contributed by atoms with Gasteiger partial charge in [-0.15, -0.1) is 11.8 Å². The number of rotatable bonds is 4. The smallest absolute Gasteiger partial charge is 0.238 e. The standard InChI is InChI=1S/C18H17BrN2O2S/c1-11(12-6-8-13(19)9-7-12)20-17(22)10-16-18(23)21-14-4-2-3-5-15(14)24-16/h2-9,11,16H,10H2,1H3,(H,20,22)(H,21,23). The zero-order valence-electron chi connectivity index (χ0n) is 13.1. The van der Waals surface area contributed by atoms with E-state index in [1.807, 2.05) is 55.5 Å². The van der Waals surface area contributed by atoms with E-state index in [-0.39, 0.29) is 24.3 Å². The molecule has 0 fully saturated rings. The molecule has 3 rings (SSSR count). The number of hydrogen-bond donors (Lipinski definition) is 2. The first kappa shape index (κ1) is 17.0. The summed E-state index contributed by atoms with van der Waals surface area (Å²) in [5, 5.41) is 5.42. The van der Waals surface area contributed by atoms with Crippen molar-refractivity contribution in [1.29, 1.82) is 0 Å². The van der Waals surface area contributed by atoms with Gasteiger partial charge < -0.3 is 10.6 Å². The molecule has 0 spiro atoms. The number of thioether (sulfide) groups is 1. The second-order valence-corrected chi connectivity index (χ2v) is 7.80. The van der Waals surface area contributed by atoms with Crippen LogP contribution in [0.1, 0.15) is 24.9 Å². The molecule has 0 saturated carbocycles. The van der Waals surface area contributed by atoms with Gasteiger partial charge in [0.15, 0.2) is 0 Å². The molecule has 0 aliphatic carbocycles. The van der Waals surface area contributed by atoms with Crippen LogP contribution in [0.15, 0.2) is 57.9 Å². The third-order valence-electron chi connectivity index (χ3n) is 3.82. The van der Waals surface area contributed by atoms with Crippen LogP contribution in [0.4, 0.5) is 5.69 Å². The van der Waals surface area contributed by atoms with Gasteiger partial charge in [0.2, 0.25) is 11.8 Å². The molecule has 124 valence electrons. The lowest BCUT2D eigenvalue weighted by Gasteiger charge is -2.24. The van der Waals surface area contributed by atoms with Gasteiger partial charge in [0.1, 0.15) is 0 Å². The van der Waals surface area contributed by atoms with Crippen molar-refractivity contribution < 1.29 is 9.59 Å². The Hall–Kier alpha value is -1.79. The topological polar surface area (TPSA) is 58.2 Å². The summed E-state index contributed by atoms with van der Waals surface area (Å²) in [7, 11) is 0. The van der Waals surface area contributed by atoms with E-state index < -0.39 is 5.25 Å². The number of amides is 2. The lowest BCUT2D eigenvalue weighted by molar-refractivity contribution is -0.124. The minimum absolute atomic E-state index is 0.102. The highest BCUT2D eigenvalue weighted by atomic mass is 79.9.